The molecule has 0 radical (unpaired) electrons. The summed E-state index contributed by atoms with van der Waals surface area (Å²) in [4.78, 5) is 119. The number of benzene rings is 3. The van der Waals surface area contributed by atoms with Gasteiger partial charge in [-0.3, -0.25) is 56.3 Å². The minimum Gasteiger partial charge on any atom is -0.480 e. The van der Waals surface area contributed by atoms with E-state index in [1.54, 1.807) is 0 Å². The third-order valence-electron chi connectivity index (χ3n) is 16.7. The Balaban J connectivity index is -0.00000299. The van der Waals surface area contributed by atoms with Crippen LogP contribution in [0.15, 0.2) is 72.8 Å². The molecule has 116 heavy (non-hydrogen) atoms. The number of carboxylic acid groups (broad SMARTS) is 1. The highest BCUT2D eigenvalue weighted by molar-refractivity contribution is 7.82. The number of nitrogens with one attached hydrogen (secondary N) is 5. The first-order chi connectivity index (χ1) is 53.8. The Hall–Kier alpha value is -7.87. The van der Waals surface area contributed by atoms with Gasteiger partial charge in [-0.2, -0.15) is 42.1 Å². The maximum atomic E-state index is 14.2. The van der Waals surface area contributed by atoms with Crippen molar-refractivity contribution in [3.8, 4) is 17.2 Å². The molecule has 0 spiro atoms. The summed E-state index contributed by atoms with van der Waals surface area (Å²) in [7, 11) is -26.1. The van der Waals surface area contributed by atoms with E-state index in [4.69, 9.17) is 23.9 Å². The van der Waals surface area contributed by atoms with Gasteiger partial charge in [0, 0.05) is 12.8 Å². The van der Waals surface area contributed by atoms with Crippen molar-refractivity contribution < 1.29 is 129 Å². The van der Waals surface area contributed by atoms with Gasteiger partial charge in [0.2, 0.25) is 29.5 Å². The van der Waals surface area contributed by atoms with Gasteiger partial charge < -0.3 is 82.8 Å². The van der Waals surface area contributed by atoms with Crippen LogP contribution in [0, 0.1) is 5.92 Å². The molecule has 5 amide bonds. The van der Waals surface area contributed by atoms with Crippen LogP contribution < -0.4 is 44.9 Å². The average molecular weight is 1760 g/mol. The molecule has 0 aliphatic heterocycles. The first-order valence-electron chi connectivity index (χ1n) is 37.6. The quantitative estimate of drug-likeness (QED) is 0.0361. The summed E-state index contributed by atoms with van der Waals surface area (Å²) >= 11 is 0. The van der Waals surface area contributed by atoms with Crippen LogP contribution >= 0.6 is 0 Å². The monoisotopic (exact) mass is 1760 g/mol. The largest absolute Gasteiger partial charge is 0.480 e. The summed E-state index contributed by atoms with van der Waals surface area (Å²) in [6.45, 7) is 53.6. The summed E-state index contributed by atoms with van der Waals surface area (Å²) < 4.78 is 178. The topological polar surface area (TPSA) is 577 Å². The summed E-state index contributed by atoms with van der Waals surface area (Å²) in [5.74, 6) is -14.7. The standard InChI is InChI=1S/C41H50N6O29S5.5C6H15N/c1-21(2)15-29(44-39(53)31(19-34(48)75-80(66,67)68)43-36(50)28(42)16-22-3-9-25(10-4-22)72-77(57,58)59)37(51)46-32(20-35(49)76-81(69,70)71)40(54)45-30(17-23-5-11-26(12-6-23)73-78(60,61)62)38(52)47-33(41(55)56)18-24-7-13-27(14-8-24)74-79(63,64)65;5*1-4-7(5-2)6-3/h3-14,21,28-33H,15-20,42H2,1-2H3,(H,43,50)(H,44,53)(H,45,54)(H,46,51)(H,47,52)(H,55,56)(H,57,58,59)(H,60,61,62)(H,63,64,65)(H,66,67,68)(H,69,70,71);5*4-6H2,1-3H3/t28-,29-,30-,31-,32-,33-;;;;;/m0...../s1. The van der Waals surface area contributed by atoms with E-state index in [0.717, 1.165) is 60.7 Å². The highest BCUT2D eigenvalue weighted by Gasteiger charge is 2.37. The van der Waals surface area contributed by atoms with Crippen molar-refractivity contribution in [2.45, 2.75) is 192 Å². The van der Waals surface area contributed by atoms with Crippen LogP contribution in [-0.4, -0.2) is 276 Å². The summed E-state index contributed by atoms with van der Waals surface area (Å²) in [6.07, 6.45) is -5.10. The Labute approximate surface area is 685 Å². The normalized spacial score (nSPS) is 13.0. The van der Waals surface area contributed by atoms with Crippen molar-refractivity contribution in [3.05, 3.63) is 89.5 Å². The lowest BCUT2D eigenvalue weighted by molar-refractivity contribution is -0.143. The smallest absolute Gasteiger partial charge is 0.448 e. The Morgan fingerprint density at radius 1 is 0.328 bits per heavy atom. The van der Waals surface area contributed by atoms with Crippen molar-refractivity contribution in [1.82, 2.24) is 51.1 Å². The Morgan fingerprint density at radius 3 is 0.776 bits per heavy atom. The lowest BCUT2D eigenvalue weighted by atomic mass is 10.0. The first kappa shape index (κ1) is 112. The van der Waals surface area contributed by atoms with Gasteiger partial charge in [0.05, 0.1) is 18.9 Å². The lowest BCUT2D eigenvalue weighted by Crippen LogP contribution is -2.60. The van der Waals surface area contributed by atoms with Crippen LogP contribution in [0.3, 0.4) is 0 Å². The van der Waals surface area contributed by atoms with Gasteiger partial charge >= 0.3 is 69.9 Å². The summed E-state index contributed by atoms with van der Waals surface area (Å²) in [5, 5.41) is 20.5. The minimum atomic E-state index is -5.64. The average Bonchev–Trinajstić information content (AvgIpc) is 0.754. The third kappa shape index (κ3) is 55.7. The van der Waals surface area contributed by atoms with E-state index in [2.05, 4.69) is 165 Å². The number of carbonyl (C=O) groups excluding carboxylic acids is 7. The molecule has 0 unspecified atom stereocenters. The molecule has 3 aromatic carbocycles. The molecule has 6 atom stereocenters. The molecule has 0 aliphatic carbocycles. The van der Waals surface area contributed by atoms with Crippen LogP contribution in [0.4, 0.5) is 0 Å². The number of carboxylic acids is 1. The fourth-order valence-corrected chi connectivity index (χ4v) is 11.8. The number of hydrogen-bond donors (Lipinski definition) is 12. The molecular formula is C71H125N11O29S5. The number of nitrogens with zero attached hydrogens (tertiary/aromatic N) is 5. The van der Waals surface area contributed by atoms with Crippen LogP contribution in [0.1, 0.15) is 154 Å². The van der Waals surface area contributed by atoms with Crippen LogP contribution in [0.2, 0.25) is 0 Å². The Bertz CT molecular complexity index is 3870. The van der Waals surface area contributed by atoms with E-state index in [9.17, 15) is 90.1 Å². The lowest BCUT2D eigenvalue weighted by Gasteiger charge is -2.27. The SMILES string of the molecule is CC(C)C[C@H](NC(=O)[C@H](CC(=O)OS(=O)(=O)O)NC(=O)[C@@H](N)Cc1ccc(OS(=O)(=O)O)cc1)C(=O)N[C@@H](CC(=O)OS(=O)(=O)O)C(=O)N[C@@H](Cc1ccc(OS(=O)(=O)O)cc1)C(=O)N[C@@H](Cc1ccc(OS(=O)(=O)O)cc1)C(=O)O.CCN(CC)CC.CCN(CC)CC.CCN(CC)CC.CCN(CC)CC.CCN(CC)CC. The third-order valence-corrected chi connectivity index (χ3v) is 18.7. The number of amides is 5. The molecular weight excluding hydrogens is 1630 g/mol. The number of nitrogens with two attached hydrogens (primary N) is 1. The summed E-state index contributed by atoms with van der Waals surface area (Å²) in [5.41, 5.74) is 6.29. The summed E-state index contributed by atoms with van der Waals surface area (Å²) in [6, 6.07) is 0.684. The highest BCUT2D eigenvalue weighted by atomic mass is 32.3. The number of rotatable bonds is 46. The van der Waals surface area contributed by atoms with E-state index in [1.165, 1.54) is 124 Å². The van der Waals surface area contributed by atoms with Gasteiger partial charge in [0.1, 0.15) is 47.5 Å². The van der Waals surface area contributed by atoms with Gasteiger partial charge in [-0.05, 0) is 170 Å². The molecule has 0 bridgehead atoms. The van der Waals surface area contributed by atoms with Crippen molar-refractivity contribution >= 4 is 99.4 Å². The molecule has 13 N–H and O–H groups in total. The molecule has 0 aliphatic rings. The second-order valence-corrected chi connectivity index (χ2v) is 30.3. The maximum absolute atomic E-state index is 14.2. The van der Waals surface area contributed by atoms with E-state index in [1.807, 2.05) is 10.6 Å². The molecule has 0 fully saturated rings. The molecule has 3 rings (SSSR count). The number of aliphatic carboxylic acids is 1. The molecule has 40 nitrogen and oxygen atoms in total. The molecule has 3 aromatic rings. The van der Waals surface area contributed by atoms with Gasteiger partial charge in [0.15, 0.2) is 0 Å². The van der Waals surface area contributed by atoms with Gasteiger partial charge in [-0.15, -0.1) is 0 Å². The minimum absolute atomic E-state index is 0.00360. The van der Waals surface area contributed by atoms with Crippen molar-refractivity contribution in [3.63, 3.8) is 0 Å². The Morgan fingerprint density at radius 2 is 0.543 bits per heavy atom. The Kier molecular flexibility index (Phi) is 57.0. The van der Waals surface area contributed by atoms with Gasteiger partial charge in [-0.25, -0.2) is 4.79 Å². The van der Waals surface area contributed by atoms with Gasteiger partial charge in [0.25, 0.3) is 0 Å². The van der Waals surface area contributed by atoms with Crippen LogP contribution in [0.5, 0.6) is 17.2 Å². The van der Waals surface area contributed by atoms with Crippen molar-refractivity contribution in [1.29, 1.82) is 0 Å². The van der Waals surface area contributed by atoms with Crippen LogP contribution in [0.25, 0.3) is 0 Å². The van der Waals surface area contributed by atoms with Crippen molar-refractivity contribution in [2.75, 3.05) is 98.2 Å². The molecule has 0 heterocycles. The number of hydrogen-bond acceptors (Lipinski definition) is 29. The second-order valence-electron chi connectivity index (χ2n) is 25.2. The maximum Gasteiger partial charge on any atom is 0.448 e. The first-order valence-corrected chi connectivity index (χ1v) is 44.5. The van der Waals surface area contributed by atoms with Gasteiger partial charge in [-0.1, -0.05) is 154 Å². The zero-order valence-electron chi connectivity index (χ0n) is 69.2. The molecule has 0 saturated carbocycles. The fraction of sp³-hybridized carbons (Fsp3) is 0.634. The molecule has 668 valence electrons. The van der Waals surface area contributed by atoms with E-state index in [0.29, 0.717) is 0 Å². The fourth-order valence-electron chi connectivity index (χ4n) is 10.1. The predicted octanol–water partition coefficient (Wildman–Crippen LogP) is 3.35. The zero-order valence-corrected chi connectivity index (χ0v) is 73.3. The van der Waals surface area contributed by atoms with Crippen molar-refractivity contribution in [2.24, 2.45) is 11.7 Å². The van der Waals surface area contributed by atoms with E-state index >= 15 is 0 Å². The zero-order chi connectivity index (χ0) is 89.9. The van der Waals surface area contributed by atoms with Crippen LogP contribution in [-0.2, 0) is 118 Å². The second kappa shape index (κ2) is 58.9. The predicted molar refractivity (Wildman–Crippen MR) is 434 cm³/mol. The number of carbonyl (C=O) groups is 8. The molecule has 0 saturated heterocycles. The van der Waals surface area contributed by atoms with E-state index < -0.39 is 192 Å². The molecule has 0 aromatic heterocycles. The van der Waals surface area contributed by atoms with E-state index in [-0.39, 0.29) is 22.4 Å². The highest BCUT2D eigenvalue weighted by Crippen LogP contribution is 2.20. The molecule has 45 heteroatoms.